The van der Waals surface area contributed by atoms with E-state index in [1.165, 1.54) is 52.6 Å². The van der Waals surface area contributed by atoms with Gasteiger partial charge in [0.05, 0.1) is 11.4 Å². The maximum absolute atomic E-state index is 12.4. The van der Waals surface area contributed by atoms with Gasteiger partial charge in [-0.2, -0.15) is 0 Å². The third-order valence-electron chi connectivity index (χ3n) is 5.02. The zero-order valence-electron chi connectivity index (χ0n) is 17.2. The van der Waals surface area contributed by atoms with Gasteiger partial charge in [-0.3, -0.25) is 4.79 Å². The second-order valence-corrected chi connectivity index (χ2v) is 9.31. The van der Waals surface area contributed by atoms with Gasteiger partial charge in [-0.05, 0) is 51.7 Å². The minimum atomic E-state index is -0.0770. The molecular formula is C21H25N5OS2. The predicted molar refractivity (Wildman–Crippen MR) is 119 cm³/mol. The van der Waals surface area contributed by atoms with Crippen LogP contribution in [0.3, 0.4) is 0 Å². The summed E-state index contributed by atoms with van der Waals surface area (Å²) in [6, 6.07) is 4.33. The van der Waals surface area contributed by atoms with Crippen molar-refractivity contribution in [1.82, 2.24) is 19.7 Å². The molecule has 1 aromatic carbocycles. The highest BCUT2D eigenvalue weighted by Gasteiger charge is 2.30. The lowest BCUT2D eigenvalue weighted by atomic mass is 9.98. The molecule has 152 valence electrons. The summed E-state index contributed by atoms with van der Waals surface area (Å²) in [6.45, 7) is 9.22. The number of hydrogen-bond donors (Lipinski definition) is 1. The number of anilines is 1. The lowest BCUT2D eigenvalue weighted by Gasteiger charge is -2.08. The Hall–Kier alpha value is -2.19. The zero-order valence-corrected chi connectivity index (χ0v) is 18.8. The monoisotopic (exact) mass is 427 g/mol. The van der Waals surface area contributed by atoms with Crippen LogP contribution in [0.5, 0.6) is 0 Å². The van der Waals surface area contributed by atoms with Crippen molar-refractivity contribution in [2.75, 3.05) is 11.1 Å². The average Bonchev–Trinajstić information content (AvgIpc) is 3.27. The summed E-state index contributed by atoms with van der Waals surface area (Å²) in [6.07, 6.45) is 2.38. The number of rotatable bonds is 7. The Labute approximate surface area is 179 Å². The summed E-state index contributed by atoms with van der Waals surface area (Å²) >= 11 is 2.88. The van der Waals surface area contributed by atoms with Gasteiger partial charge in [0.15, 0.2) is 10.3 Å². The van der Waals surface area contributed by atoms with Crippen molar-refractivity contribution in [2.45, 2.75) is 58.2 Å². The molecular weight excluding hydrogens is 402 g/mol. The van der Waals surface area contributed by atoms with Crippen LogP contribution >= 0.6 is 23.1 Å². The van der Waals surface area contributed by atoms with Crippen LogP contribution in [-0.4, -0.2) is 31.4 Å². The Morgan fingerprint density at radius 1 is 1.24 bits per heavy atom. The summed E-state index contributed by atoms with van der Waals surface area (Å²) in [5.74, 6) is 1.82. The molecule has 29 heavy (non-hydrogen) atoms. The molecule has 0 atom stereocenters. The van der Waals surface area contributed by atoms with E-state index in [1.807, 2.05) is 5.38 Å². The molecule has 0 bridgehead atoms. The molecule has 6 nitrogen and oxygen atoms in total. The van der Waals surface area contributed by atoms with Crippen molar-refractivity contribution in [3.05, 3.63) is 40.0 Å². The minimum absolute atomic E-state index is 0.0770. The van der Waals surface area contributed by atoms with Crippen LogP contribution in [-0.2, 0) is 11.3 Å². The van der Waals surface area contributed by atoms with Crippen LogP contribution in [0.15, 0.2) is 22.7 Å². The first-order valence-electron chi connectivity index (χ1n) is 9.85. The lowest BCUT2D eigenvalue weighted by Crippen LogP contribution is -2.14. The Kier molecular flexibility index (Phi) is 5.74. The minimum Gasteiger partial charge on any atom is -0.306 e. The van der Waals surface area contributed by atoms with E-state index in [0.29, 0.717) is 16.8 Å². The molecule has 2 heterocycles. The molecule has 8 heteroatoms. The Bertz CT molecular complexity index is 1030. The van der Waals surface area contributed by atoms with E-state index in [2.05, 4.69) is 64.9 Å². The van der Waals surface area contributed by atoms with Gasteiger partial charge in [0, 0.05) is 23.4 Å². The number of benzene rings is 1. The van der Waals surface area contributed by atoms with Gasteiger partial charge in [0.1, 0.15) is 5.82 Å². The van der Waals surface area contributed by atoms with Gasteiger partial charge in [-0.25, -0.2) is 4.98 Å². The average molecular weight is 428 g/mol. The second-order valence-electron chi connectivity index (χ2n) is 7.51. The van der Waals surface area contributed by atoms with Crippen LogP contribution in [0, 0.1) is 20.8 Å². The fraction of sp³-hybridized carbons (Fsp3) is 0.429. The van der Waals surface area contributed by atoms with Crippen molar-refractivity contribution < 1.29 is 4.79 Å². The van der Waals surface area contributed by atoms with E-state index in [9.17, 15) is 4.79 Å². The maximum atomic E-state index is 12.4. The zero-order chi connectivity index (χ0) is 20.5. The number of nitrogens with one attached hydrogen (secondary N) is 1. The van der Waals surface area contributed by atoms with Crippen molar-refractivity contribution >= 4 is 34.1 Å². The van der Waals surface area contributed by atoms with Crippen molar-refractivity contribution in [1.29, 1.82) is 0 Å². The molecule has 0 unspecified atom stereocenters. The van der Waals surface area contributed by atoms with Crippen LogP contribution in [0.25, 0.3) is 11.3 Å². The molecule has 3 aromatic rings. The SMILES string of the molecule is CCn1c(SCC(=O)Nc2nc(-c3c(C)cc(C)cc3C)cs2)nnc1C1CC1. The van der Waals surface area contributed by atoms with Crippen LogP contribution in [0.1, 0.15) is 48.2 Å². The fourth-order valence-electron chi connectivity index (χ4n) is 3.66. The Balaban J connectivity index is 1.40. The molecule has 0 saturated heterocycles. The summed E-state index contributed by atoms with van der Waals surface area (Å²) < 4.78 is 2.13. The Morgan fingerprint density at radius 3 is 2.62 bits per heavy atom. The quantitative estimate of drug-likeness (QED) is 0.540. The highest BCUT2D eigenvalue weighted by atomic mass is 32.2. The molecule has 0 radical (unpaired) electrons. The van der Waals surface area contributed by atoms with Gasteiger partial charge >= 0.3 is 0 Å². The van der Waals surface area contributed by atoms with Crippen molar-refractivity contribution in [3.63, 3.8) is 0 Å². The molecule has 2 aromatic heterocycles. The van der Waals surface area contributed by atoms with Crippen LogP contribution in [0.2, 0.25) is 0 Å². The van der Waals surface area contributed by atoms with E-state index in [4.69, 9.17) is 0 Å². The summed E-state index contributed by atoms with van der Waals surface area (Å²) in [5.41, 5.74) is 5.70. The molecule has 1 amide bonds. The molecule has 1 aliphatic rings. The number of carbonyl (C=O) groups excluding carboxylic acids is 1. The van der Waals surface area contributed by atoms with E-state index in [-0.39, 0.29) is 5.91 Å². The highest BCUT2D eigenvalue weighted by Crippen LogP contribution is 2.40. The molecule has 1 saturated carbocycles. The number of hydrogen-bond acceptors (Lipinski definition) is 6. The number of amides is 1. The van der Waals surface area contributed by atoms with Crippen molar-refractivity contribution in [2.24, 2.45) is 0 Å². The smallest absolute Gasteiger partial charge is 0.236 e. The number of thioether (sulfide) groups is 1. The van der Waals surface area contributed by atoms with E-state index >= 15 is 0 Å². The van der Waals surface area contributed by atoms with Crippen LogP contribution < -0.4 is 5.32 Å². The predicted octanol–water partition coefficient (Wildman–Crippen LogP) is 4.95. The molecule has 1 N–H and O–H groups in total. The summed E-state index contributed by atoms with van der Waals surface area (Å²) in [4.78, 5) is 17.1. The molecule has 4 rings (SSSR count). The topological polar surface area (TPSA) is 72.7 Å². The molecule has 0 spiro atoms. The van der Waals surface area contributed by atoms with Gasteiger partial charge in [-0.15, -0.1) is 21.5 Å². The molecule has 1 aliphatic carbocycles. The van der Waals surface area contributed by atoms with Gasteiger partial charge in [0.2, 0.25) is 5.91 Å². The fourth-order valence-corrected chi connectivity index (χ4v) is 5.19. The lowest BCUT2D eigenvalue weighted by molar-refractivity contribution is -0.113. The first-order valence-corrected chi connectivity index (χ1v) is 11.7. The number of thiazole rings is 1. The van der Waals surface area contributed by atoms with E-state index < -0.39 is 0 Å². The van der Waals surface area contributed by atoms with Crippen LogP contribution in [0.4, 0.5) is 5.13 Å². The largest absolute Gasteiger partial charge is 0.306 e. The number of aromatic nitrogens is 4. The number of aryl methyl sites for hydroxylation is 3. The van der Waals surface area contributed by atoms with E-state index in [0.717, 1.165) is 28.8 Å². The summed E-state index contributed by atoms with van der Waals surface area (Å²) in [5, 5.41) is 15.0. The van der Waals surface area contributed by atoms with Gasteiger partial charge in [-0.1, -0.05) is 29.5 Å². The standard InChI is InChI=1S/C21H25N5OS2/c1-5-26-19(15-6-7-15)24-25-21(26)29-11-17(27)23-20-22-16(10-28-20)18-13(3)8-12(2)9-14(18)4/h8-10,15H,5-7,11H2,1-4H3,(H,22,23,27). The summed E-state index contributed by atoms with van der Waals surface area (Å²) in [7, 11) is 0. The first kappa shape index (κ1) is 20.1. The third kappa shape index (κ3) is 4.38. The number of nitrogens with zero attached hydrogens (tertiary/aromatic N) is 4. The maximum Gasteiger partial charge on any atom is 0.236 e. The third-order valence-corrected chi connectivity index (χ3v) is 6.74. The van der Waals surface area contributed by atoms with Gasteiger partial charge < -0.3 is 9.88 Å². The molecule has 0 aliphatic heterocycles. The van der Waals surface area contributed by atoms with Gasteiger partial charge in [0.25, 0.3) is 0 Å². The number of carbonyl (C=O) groups is 1. The first-order chi connectivity index (χ1) is 14.0. The normalized spacial score (nSPS) is 13.7. The molecule has 1 fully saturated rings. The van der Waals surface area contributed by atoms with E-state index in [1.54, 1.807) is 0 Å². The Morgan fingerprint density at radius 2 is 1.97 bits per heavy atom. The second kappa shape index (κ2) is 8.28. The van der Waals surface area contributed by atoms with Crippen molar-refractivity contribution in [3.8, 4) is 11.3 Å². The highest BCUT2D eigenvalue weighted by molar-refractivity contribution is 7.99.